The van der Waals surface area contributed by atoms with Gasteiger partial charge in [-0.2, -0.15) is 4.98 Å². The zero-order valence-corrected chi connectivity index (χ0v) is 22.9. The van der Waals surface area contributed by atoms with Gasteiger partial charge in [0.05, 0.1) is 18.2 Å². The molecule has 0 radical (unpaired) electrons. The van der Waals surface area contributed by atoms with Crippen molar-refractivity contribution in [3.05, 3.63) is 52.6 Å². The highest BCUT2D eigenvalue weighted by atomic mass is 16.3. The van der Waals surface area contributed by atoms with E-state index in [1.165, 1.54) is 10.1 Å². The molecule has 2 fully saturated rings. The molecule has 0 spiro atoms. The fourth-order valence-electron chi connectivity index (χ4n) is 5.01. The lowest BCUT2D eigenvalue weighted by atomic mass is 10.0. The number of nitrogens with one attached hydrogen (secondary N) is 3. The minimum Gasteiger partial charge on any atom is -0.396 e. The Kier molecular flexibility index (Phi) is 9.72. The van der Waals surface area contributed by atoms with Crippen molar-refractivity contribution in [1.82, 2.24) is 29.6 Å². The molecule has 13 nitrogen and oxygen atoms in total. The van der Waals surface area contributed by atoms with Gasteiger partial charge in [-0.05, 0) is 43.0 Å². The molecule has 3 amide bonds. The summed E-state index contributed by atoms with van der Waals surface area (Å²) in [6, 6.07) is 9.27. The van der Waals surface area contributed by atoms with Crippen LogP contribution < -0.4 is 22.1 Å². The second-order valence-electron chi connectivity index (χ2n) is 10.4. The van der Waals surface area contributed by atoms with Gasteiger partial charge < -0.3 is 30.9 Å². The van der Waals surface area contributed by atoms with Gasteiger partial charge in [0.15, 0.2) is 5.96 Å². The molecule has 6 N–H and O–H groups in total. The maximum atomic E-state index is 12.7. The van der Waals surface area contributed by atoms with Gasteiger partial charge in [0.2, 0.25) is 5.91 Å². The first-order chi connectivity index (χ1) is 19.2. The van der Waals surface area contributed by atoms with Gasteiger partial charge in [-0.25, -0.2) is 9.59 Å². The Hall–Kier alpha value is -3.97. The number of hydrogen-bond donors (Lipinski definition) is 5. The van der Waals surface area contributed by atoms with Gasteiger partial charge in [-0.15, -0.1) is 0 Å². The molecule has 3 heterocycles. The van der Waals surface area contributed by atoms with Crippen LogP contribution in [0.4, 0.5) is 10.6 Å². The summed E-state index contributed by atoms with van der Waals surface area (Å²) in [4.78, 5) is 47.3. The van der Waals surface area contributed by atoms with Crippen molar-refractivity contribution in [2.45, 2.75) is 32.2 Å². The van der Waals surface area contributed by atoms with E-state index in [9.17, 15) is 19.5 Å². The summed E-state index contributed by atoms with van der Waals surface area (Å²) in [5.74, 6) is -0.390. The number of carbonyl (C=O) groups is 2. The van der Waals surface area contributed by atoms with Gasteiger partial charge in [0.1, 0.15) is 5.82 Å². The Morgan fingerprint density at radius 2 is 1.73 bits per heavy atom. The van der Waals surface area contributed by atoms with E-state index in [2.05, 4.69) is 20.5 Å². The number of amides is 3. The molecule has 0 unspecified atom stereocenters. The van der Waals surface area contributed by atoms with Crippen molar-refractivity contribution in [1.29, 1.82) is 5.41 Å². The zero-order chi connectivity index (χ0) is 28.6. The van der Waals surface area contributed by atoms with Crippen molar-refractivity contribution >= 4 is 23.7 Å². The van der Waals surface area contributed by atoms with E-state index in [4.69, 9.17) is 11.1 Å². The molecule has 2 aromatic rings. The highest BCUT2D eigenvalue weighted by Gasteiger charge is 2.27. The molecule has 2 aliphatic rings. The summed E-state index contributed by atoms with van der Waals surface area (Å²) < 4.78 is 1.43. The number of aromatic nitrogens is 2. The van der Waals surface area contributed by atoms with E-state index in [0.717, 1.165) is 38.9 Å². The Morgan fingerprint density at radius 1 is 1.07 bits per heavy atom. The van der Waals surface area contributed by atoms with Crippen LogP contribution >= 0.6 is 0 Å². The van der Waals surface area contributed by atoms with E-state index >= 15 is 0 Å². The van der Waals surface area contributed by atoms with Gasteiger partial charge in [0.25, 0.3) is 0 Å². The summed E-state index contributed by atoms with van der Waals surface area (Å²) in [5, 5.41) is 22.2. The fourth-order valence-corrected chi connectivity index (χ4v) is 5.01. The monoisotopic (exact) mass is 553 g/mol. The lowest BCUT2D eigenvalue weighted by Crippen LogP contribution is -2.53. The van der Waals surface area contributed by atoms with Crippen LogP contribution in [0.2, 0.25) is 0 Å². The topological polar surface area (TPSA) is 173 Å². The second-order valence-corrected chi connectivity index (χ2v) is 10.4. The molecule has 2 aliphatic heterocycles. The van der Waals surface area contributed by atoms with Crippen molar-refractivity contribution in [2.75, 3.05) is 57.7 Å². The number of benzene rings is 1. The average molecular weight is 554 g/mol. The zero-order valence-electron chi connectivity index (χ0n) is 22.9. The SMILES string of the molecule is C[C@H](CO)C(=O)N1CCN(C(=O)Nc2ccn(-c3ccc(CCN4CCC(NC(=N)N)CC4)cc3)c(=O)n2)CC1. The predicted octanol–water partition coefficient (Wildman–Crippen LogP) is 0.0270. The molecule has 0 bridgehead atoms. The molecule has 2 saturated heterocycles. The Balaban J connectivity index is 1.25. The first-order valence-corrected chi connectivity index (χ1v) is 13.7. The lowest BCUT2D eigenvalue weighted by Gasteiger charge is -2.35. The molecule has 0 saturated carbocycles. The Labute approximate surface area is 233 Å². The third kappa shape index (κ3) is 7.57. The van der Waals surface area contributed by atoms with Gasteiger partial charge in [-0.1, -0.05) is 19.1 Å². The molecule has 0 aliphatic carbocycles. The minimum atomic E-state index is -0.499. The normalized spacial score (nSPS) is 17.4. The average Bonchev–Trinajstić information content (AvgIpc) is 2.96. The largest absolute Gasteiger partial charge is 0.396 e. The number of carbonyl (C=O) groups excluding carboxylic acids is 2. The summed E-state index contributed by atoms with van der Waals surface area (Å²) in [6.45, 7) is 5.82. The van der Waals surface area contributed by atoms with Crippen LogP contribution in [0.3, 0.4) is 0 Å². The second kappa shape index (κ2) is 13.4. The predicted molar refractivity (Wildman–Crippen MR) is 151 cm³/mol. The van der Waals surface area contributed by atoms with Crippen molar-refractivity contribution in [2.24, 2.45) is 11.7 Å². The smallest absolute Gasteiger partial charge is 0.354 e. The van der Waals surface area contributed by atoms with Crippen LogP contribution in [0.15, 0.2) is 41.3 Å². The summed E-state index contributed by atoms with van der Waals surface area (Å²) in [6.07, 6.45) is 4.42. The Morgan fingerprint density at radius 3 is 2.33 bits per heavy atom. The number of aliphatic hydroxyl groups is 1. The molecule has 1 aromatic heterocycles. The fraction of sp³-hybridized carbons (Fsp3) is 0.519. The van der Waals surface area contributed by atoms with E-state index in [1.807, 2.05) is 24.3 Å². The first-order valence-electron chi connectivity index (χ1n) is 13.7. The van der Waals surface area contributed by atoms with Gasteiger partial charge in [0, 0.05) is 58.1 Å². The highest BCUT2D eigenvalue weighted by molar-refractivity contribution is 5.88. The number of anilines is 1. The summed E-state index contributed by atoms with van der Waals surface area (Å²) in [5.41, 5.74) is 6.79. The number of hydrogen-bond acceptors (Lipinski definition) is 7. The van der Waals surface area contributed by atoms with Crippen LogP contribution in [0.1, 0.15) is 25.3 Å². The van der Waals surface area contributed by atoms with Crippen LogP contribution in [-0.2, 0) is 11.2 Å². The number of rotatable bonds is 8. The number of urea groups is 1. The number of aliphatic hydroxyl groups excluding tert-OH is 1. The van der Waals surface area contributed by atoms with Crippen LogP contribution in [-0.4, -0.2) is 106 Å². The van der Waals surface area contributed by atoms with E-state index in [-0.39, 0.29) is 36.4 Å². The van der Waals surface area contributed by atoms with Crippen molar-refractivity contribution in [3.8, 4) is 5.69 Å². The van der Waals surface area contributed by atoms with Crippen LogP contribution in [0.5, 0.6) is 0 Å². The number of likely N-dealkylation sites (tertiary alicyclic amines) is 1. The number of piperazine rings is 1. The molecule has 1 atom stereocenters. The number of nitrogens with two attached hydrogens (primary N) is 1. The molecule has 13 heteroatoms. The summed E-state index contributed by atoms with van der Waals surface area (Å²) >= 11 is 0. The summed E-state index contributed by atoms with van der Waals surface area (Å²) in [7, 11) is 0. The third-order valence-corrected chi connectivity index (χ3v) is 7.49. The number of guanidine groups is 1. The third-order valence-electron chi connectivity index (χ3n) is 7.49. The highest BCUT2D eigenvalue weighted by Crippen LogP contribution is 2.14. The lowest BCUT2D eigenvalue weighted by molar-refractivity contribution is -0.137. The molecule has 216 valence electrons. The van der Waals surface area contributed by atoms with Crippen LogP contribution in [0, 0.1) is 11.3 Å². The van der Waals surface area contributed by atoms with Gasteiger partial charge >= 0.3 is 11.7 Å². The first kappa shape index (κ1) is 29.0. The molecule has 1 aromatic carbocycles. The van der Waals surface area contributed by atoms with Crippen LogP contribution in [0.25, 0.3) is 5.69 Å². The molecular formula is C27H39N9O4. The quantitative estimate of drug-likeness (QED) is 0.225. The van der Waals surface area contributed by atoms with Crippen molar-refractivity contribution < 1.29 is 14.7 Å². The minimum absolute atomic E-state index is 0.0296. The molecule has 40 heavy (non-hydrogen) atoms. The number of nitrogens with zero attached hydrogens (tertiary/aromatic N) is 5. The van der Waals surface area contributed by atoms with E-state index in [1.54, 1.807) is 29.0 Å². The Bertz CT molecular complexity index is 1230. The van der Waals surface area contributed by atoms with Gasteiger partial charge in [-0.3, -0.25) is 20.1 Å². The van der Waals surface area contributed by atoms with E-state index in [0.29, 0.717) is 31.9 Å². The number of piperidine rings is 1. The maximum Gasteiger partial charge on any atom is 0.354 e. The standard InChI is InChI=1S/C27H39N9O4/c1-19(18-37)24(38)34-14-16-35(17-15-34)26(39)31-23-9-13-36(27(40)32-23)22-4-2-20(3-5-22)6-10-33-11-7-21(8-12-33)30-25(28)29/h2-5,9,13,19,21,37H,6-8,10-12,14-18H2,1H3,(H4,28,29,30)(H,31,32,39,40)/t19-/m1/s1. The van der Waals surface area contributed by atoms with Crippen molar-refractivity contribution in [3.63, 3.8) is 0 Å². The maximum absolute atomic E-state index is 12.7. The molecule has 4 rings (SSSR count). The van der Waals surface area contributed by atoms with E-state index < -0.39 is 11.6 Å². The molecular weight excluding hydrogens is 514 g/mol.